The molecule has 0 radical (unpaired) electrons. The largest absolute Gasteiger partial charge is 0.348 e. The SMILES string of the molecule is C[C@H](NC(=O)c1nn(-c2ccc(F)cc2F)c2c1CCC2Cc1cccc(F)c1)C1CCCCC1. The summed E-state index contributed by atoms with van der Waals surface area (Å²) in [5.41, 5.74) is 2.77. The number of carbonyl (C=O) groups excluding carboxylic acids is 1. The van der Waals surface area contributed by atoms with Gasteiger partial charge in [0.05, 0.1) is 5.69 Å². The Morgan fingerprint density at radius 3 is 2.57 bits per heavy atom. The number of nitrogens with zero attached hydrogens (tertiary/aromatic N) is 2. The van der Waals surface area contributed by atoms with Crippen LogP contribution in [0.5, 0.6) is 0 Å². The summed E-state index contributed by atoms with van der Waals surface area (Å²) in [5.74, 6) is -1.61. The van der Waals surface area contributed by atoms with Gasteiger partial charge in [0.15, 0.2) is 11.5 Å². The predicted octanol–water partition coefficient (Wildman–Crippen LogP) is 6.26. The molecule has 2 atom stereocenters. The zero-order valence-electron chi connectivity index (χ0n) is 19.9. The van der Waals surface area contributed by atoms with Crippen molar-refractivity contribution in [2.45, 2.75) is 70.3 Å². The topological polar surface area (TPSA) is 46.9 Å². The molecule has 0 aliphatic heterocycles. The molecule has 1 fully saturated rings. The average molecular weight is 482 g/mol. The summed E-state index contributed by atoms with van der Waals surface area (Å²) in [7, 11) is 0. The van der Waals surface area contributed by atoms with Gasteiger partial charge < -0.3 is 5.32 Å². The summed E-state index contributed by atoms with van der Waals surface area (Å²) in [4.78, 5) is 13.4. The molecule has 184 valence electrons. The van der Waals surface area contributed by atoms with E-state index in [9.17, 15) is 18.0 Å². The summed E-state index contributed by atoms with van der Waals surface area (Å²) in [6.45, 7) is 2.04. The maximum Gasteiger partial charge on any atom is 0.272 e. The molecule has 1 N–H and O–H groups in total. The third kappa shape index (κ3) is 4.86. The number of aromatic nitrogens is 2. The van der Waals surface area contributed by atoms with Gasteiger partial charge in [-0.05, 0) is 74.8 Å². The summed E-state index contributed by atoms with van der Waals surface area (Å²) in [6, 6.07) is 9.81. The Balaban J connectivity index is 1.50. The van der Waals surface area contributed by atoms with Crippen LogP contribution in [0.3, 0.4) is 0 Å². The van der Waals surface area contributed by atoms with Crippen LogP contribution in [0.15, 0.2) is 42.5 Å². The van der Waals surface area contributed by atoms with Crippen molar-refractivity contribution in [3.63, 3.8) is 0 Å². The van der Waals surface area contributed by atoms with Gasteiger partial charge in [-0.2, -0.15) is 5.10 Å². The van der Waals surface area contributed by atoms with Gasteiger partial charge in [-0.1, -0.05) is 31.4 Å². The van der Waals surface area contributed by atoms with Crippen molar-refractivity contribution >= 4 is 5.91 Å². The fourth-order valence-electron chi connectivity index (χ4n) is 5.78. The van der Waals surface area contributed by atoms with E-state index in [-0.39, 0.29) is 29.4 Å². The fourth-order valence-corrected chi connectivity index (χ4v) is 5.78. The number of amides is 1. The molecule has 2 aliphatic rings. The van der Waals surface area contributed by atoms with Crippen LogP contribution >= 0.6 is 0 Å². The van der Waals surface area contributed by atoms with Crippen LogP contribution in [0, 0.1) is 23.4 Å². The van der Waals surface area contributed by atoms with E-state index in [2.05, 4.69) is 10.4 Å². The van der Waals surface area contributed by atoms with Crippen molar-refractivity contribution in [1.82, 2.24) is 15.1 Å². The average Bonchev–Trinajstić information content (AvgIpc) is 3.41. The van der Waals surface area contributed by atoms with Crippen molar-refractivity contribution < 1.29 is 18.0 Å². The molecule has 1 aromatic heterocycles. The summed E-state index contributed by atoms with van der Waals surface area (Å²) in [6.07, 6.45) is 7.71. The lowest BCUT2D eigenvalue weighted by Gasteiger charge is -2.28. The van der Waals surface area contributed by atoms with Crippen LogP contribution in [0.2, 0.25) is 0 Å². The van der Waals surface area contributed by atoms with Gasteiger partial charge in [0.1, 0.15) is 17.3 Å². The Morgan fingerprint density at radius 2 is 1.83 bits per heavy atom. The van der Waals surface area contributed by atoms with Crippen LogP contribution < -0.4 is 5.32 Å². The Hall–Kier alpha value is -3.09. The van der Waals surface area contributed by atoms with Gasteiger partial charge in [0.25, 0.3) is 5.91 Å². The van der Waals surface area contributed by atoms with Gasteiger partial charge in [-0.25, -0.2) is 17.9 Å². The third-order valence-electron chi connectivity index (χ3n) is 7.59. The third-order valence-corrected chi connectivity index (χ3v) is 7.59. The van der Waals surface area contributed by atoms with Gasteiger partial charge >= 0.3 is 0 Å². The lowest BCUT2D eigenvalue weighted by molar-refractivity contribution is 0.0912. The molecule has 0 saturated heterocycles. The summed E-state index contributed by atoms with van der Waals surface area (Å²) >= 11 is 0. The first-order chi connectivity index (χ1) is 16.9. The van der Waals surface area contributed by atoms with Crippen molar-refractivity contribution in [3.05, 3.63) is 82.4 Å². The highest BCUT2D eigenvalue weighted by molar-refractivity contribution is 5.94. The van der Waals surface area contributed by atoms with E-state index in [4.69, 9.17) is 0 Å². The number of benzene rings is 2. The van der Waals surface area contributed by atoms with E-state index in [1.165, 1.54) is 48.2 Å². The minimum atomic E-state index is -0.741. The number of carbonyl (C=O) groups is 1. The normalized spacial score (nSPS) is 18.9. The quantitative estimate of drug-likeness (QED) is 0.452. The number of fused-ring (bicyclic) bond motifs is 1. The van der Waals surface area contributed by atoms with Gasteiger partial charge in [0, 0.05) is 23.6 Å². The molecule has 35 heavy (non-hydrogen) atoms. The molecule has 5 rings (SSSR count). The fraction of sp³-hybridized carbons (Fsp3) is 0.429. The lowest BCUT2D eigenvalue weighted by atomic mass is 9.84. The lowest BCUT2D eigenvalue weighted by Crippen LogP contribution is -2.39. The van der Waals surface area contributed by atoms with Crippen molar-refractivity contribution in [2.24, 2.45) is 5.92 Å². The van der Waals surface area contributed by atoms with E-state index < -0.39 is 11.6 Å². The molecule has 2 aliphatic carbocycles. The highest BCUT2D eigenvalue weighted by Gasteiger charge is 2.35. The van der Waals surface area contributed by atoms with Crippen LogP contribution in [0.4, 0.5) is 13.2 Å². The molecule has 1 unspecified atom stereocenters. The van der Waals surface area contributed by atoms with Crippen molar-refractivity contribution in [2.75, 3.05) is 0 Å². The number of rotatable bonds is 6. The Labute approximate surface area is 203 Å². The van der Waals surface area contributed by atoms with E-state index >= 15 is 0 Å². The first-order valence-corrected chi connectivity index (χ1v) is 12.5. The van der Waals surface area contributed by atoms with E-state index in [1.807, 2.05) is 13.0 Å². The number of hydrogen-bond acceptors (Lipinski definition) is 2. The second-order valence-corrected chi connectivity index (χ2v) is 9.95. The maximum absolute atomic E-state index is 14.8. The minimum absolute atomic E-state index is 0.0238. The second kappa shape index (κ2) is 9.88. The smallest absolute Gasteiger partial charge is 0.272 e. The molecular weight excluding hydrogens is 451 g/mol. The summed E-state index contributed by atoms with van der Waals surface area (Å²) < 4.78 is 43.7. The van der Waals surface area contributed by atoms with Crippen molar-refractivity contribution in [1.29, 1.82) is 0 Å². The van der Waals surface area contributed by atoms with Crippen molar-refractivity contribution in [3.8, 4) is 5.69 Å². The monoisotopic (exact) mass is 481 g/mol. The maximum atomic E-state index is 14.8. The molecule has 1 saturated carbocycles. The molecular formula is C28H30F3N3O. The number of nitrogens with one attached hydrogen (secondary N) is 1. The molecule has 2 aromatic carbocycles. The van der Waals surface area contributed by atoms with Gasteiger partial charge in [-0.15, -0.1) is 0 Å². The van der Waals surface area contributed by atoms with Crippen LogP contribution in [-0.4, -0.2) is 21.7 Å². The van der Waals surface area contributed by atoms with Crippen LogP contribution in [0.1, 0.15) is 78.7 Å². The molecule has 4 nitrogen and oxygen atoms in total. The zero-order valence-corrected chi connectivity index (χ0v) is 19.9. The van der Waals surface area contributed by atoms with Gasteiger partial charge in [0.2, 0.25) is 0 Å². The predicted molar refractivity (Wildman–Crippen MR) is 128 cm³/mol. The molecule has 0 spiro atoms. The molecule has 1 amide bonds. The van der Waals surface area contributed by atoms with Gasteiger partial charge in [-0.3, -0.25) is 4.79 Å². The minimum Gasteiger partial charge on any atom is -0.348 e. The van der Waals surface area contributed by atoms with E-state index in [1.54, 1.807) is 6.07 Å². The second-order valence-electron chi connectivity index (χ2n) is 9.95. The Bertz CT molecular complexity index is 1230. The van der Waals surface area contributed by atoms with Crippen LogP contribution in [-0.2, 0) is 12.8 Å². The number of halogens is 3. The highest BCUT2D eigenvalue weighted by atomic mass is 19.1. The Morgan fingerprint density at radius 1 is 1.06 bits per heavy atom. The number of hydrogen-bond donors (Lipinski definition) is 1. The summed E-state index contributed by atoms with van der Waals surface area (Å²) in [5, 5.41) is 7.71. The van der Waals surface area contributed by atoms with E-state index in [0.29, 0.717) is 24.5 Å². The first-order valence-electron chi connectivity index (χ1n) is 12.5. The molecule has 1 heterocycles. The zero-order chi connectivity index (χ0) is 24.5. The standard InChI is InChI=1S/C28H30F3N3O/c1-17(19-7-3-2-4-8-19)32-28(35)26-23-12-10-20(14-18-6-5-9-21(29)15-18)27(23)34(33-26)25-13-11-22(30)16-24(25)31/h5-6,9,11,13,15-17,19-20H,2-4,7-8,10,12,14H2,1H3,(H,32,35)/t17-,20?/m0/s1. The first kappa shape index (κ1) is 23.6. The Kier molecular flexibility index (Phi) is 6.67. The van der Waals surface area contributed by atoms with E-state index in [0.717, 1.165) is 42.1 Å². The molecule has 7 heteroatoms. The molecule has 3 aromatic rings. The molecule has 0 bridgehead atoms. The highest BCUT2D eigenvalue weighted by Crippen LogP contribution is 2.39. The van der Waals surface area contributed by atoms with Crippen LogP contribution in [0.25, 0.3) is 5.69 Å².